The highest BCUT2D eigenvalue weighted by atomic mass is 32.2. The lowest BCUT2D eigenvalue weighted by molar-refractivity contribution is 0.172. The second-order valence-corrected chi connectivity index (χ2v) is 6.73. The summed E-state index contributed by atoms with van der Waals surface area (Å²) in [4.78, 5) is 2.49. The van der Waals surface area contributed by atoms with Gasteiger partial charge in [0, 0.05) is 18.6 Å². The Bertz CT molecular complexity index is 204. The molecule has 2 heterocycles. The van der Waals surface area contributed by atoms with E-state index < -0.39 is 0 Å². The van der Waals surface area contributed by atoms with Gasteiger partial charge in [-0.1, -0.05) is 0 Å². The van der Waals surface area contributed by atoms with Gasteiger partial charge in [-0.2, -0.15) is 11.8 Å². The van der Waals surface area contributed by atoms with Crippen molar-refractivity contribution in [1.82, 2.24) is 10.2 Å². The van der Waals surface area contributed by atoms with Crippen molar-refractivity contribution >= 4 is 11.8 Å². The average Bonchev–Trinajstić information content (AvgIpc) is 2.30. The zero-order valence-corrected chi connectivity index (χ0v) is 11.6. The van der Waals surface area contributed by atoms with Crippen LogP contribution in [0.1, 0.15) is 32.6 Å². The first kappa shape index (κ1) is 12.7. The fourth-order valence-corrected chi connectivity index (χ4v) is 4.09. The first-order valence-corrected chi connectivity index (χ1v) is 7.93. The molecule has 0 amide bonds. The van der Waals surface area contributed by atoms with E-state index in [1.807, 2.05) is 0 Å². The van der Waals surface area contributed by atoms with Crippen molar-refractivity contribution in [3.63, 3.8) is 0 Å². The quantitative estimate of drug-likeness (QED) is 0.817. The van der Waals surface area contributed by atoms with Crippen LogP contribution in [0.2, 0.25) is 0 Å². The number of thioether (sulfide) groups is 1. The number of hydrogen-bond acceptors (Lipinski definition) is 3. The summed E-state index contributed by atoms with van der Waals surface area (Å²) in [6.07, 6.45) is 5.54. The highest BCUT2D eigenvalue weighted by Crippen LogP contribution is 2.22. The van der Waals surface area contributed by atoms with E-state index in [1.54, 1.807) is 0 Å². The minimum Gasteiger partial charge on any atom is -0.311 e. The van der Waals surface area contributed by atoms with Gasteiger partial charge in [-0.05, 0) is 63.6 Å². The first-order chi connectivity index (χ1) is 7.75. The van der Waals surface area contributed by atoms with Crippen molar-refractivity contribution < 1.29 is 0 Å². The normalized spacial score (nSPS) is 31.5. The molecule has 94 valence electrons. The Balaban J connectivity index is 1.75. The van der Waals surface area contributed by atoms with Gasteiger partial charge in [-0.15, -0.1) is 0 Å². The van der Waals surface area contributed by atoms with Crippen LogP contribution in [-0.2, 0) is 0 Å². The molecule has 16 heavy (non-hydrogen) atoms. The third-order valence-electron chi connectivity index (χ3n) is 4.09. The van der Waals surface area contributed by atoms with Crippen LogP contribution in [0.25, 0.3) is 0 Å². The van der Waals surface area contributed by atoms with Crippen LogP contribution in [0.4, 0.5) is 0 Å². The summed E-state index contributed by atoms with van der Waals surface area (Å²) in [5.74, 6) is 3.58. The predicted octanol–water partition coefficient (Wildman–Crippen LogP) is 2.20. The second kappa shape index (κ2) is 6.27. The van der Waals surface area contributed by atoms with E-state index in [9.17, 15) is 0 Å². The standard InChI is InChI=1S/C13H26N2S/c1-11(12-4-3-7-15(2)10-12)14-13-5-8-16-9-6-13/h11-14H,3-10H2,1-2H3. The molecule has 0 aromatic rings. The molecule has 0 aromatic heterocycles. The van der Waals surface area contributed by atoms with Gasteiger partial charge in [0.05, 0.1) is 0 Å². The van der Waals surface area contributed by atoms with Gasteiger partial charge in [-0.3, -0.25) is 0 Å². The molecule has 2 aliphatic heterocycles. The Morgan fingerprint density at radius 1 is 1.25 bits per heavy atom. The monoisotopic (exact) mass is 242 g/mol. The van der Waals surface area contributed by atoms with E-state index in [4.69, 9.17) is 0 Å². The molecule has 2 fully saturated rings. The molecule has 2 nitrogen and oxygen atoms in total. The molecule has 3 heteroatoms. The number of hydrogen-bond donors (Lipinski definition) is 1. The van der Waals surface area contributed by atoms with Crippen LogP contribution in [0.5, 0.6) is 0 Å². The molecule has 0 aromatic carbocycles. The predicted molar refractivity (Wildman–Crippen MR) is 73.2 cm³/mol. The van der Waals surface area contributed by atoms with Crippen LogP contribution < -0.4 is 5.32 Å². The smallest absolute Gasteiger partial charge is 0.00853 e. The van der Waals surface area contributed by atoms with E-state index in [0.717, 1.165) is 12.0 Å². The maximum absolute atomic E-state index is 3.87. The highest BCUT2D eigenvalue weighted by molar-refractivity contribution is 7.99. The second-order valence-electron chi connectivity index (χ2n) is 5.51. The van der Waals surface area contributed by atoms with Gasteiger partial charge in [0.15, 0.2) is 0 Å². The average molecular weight is 242 g/mol. The molecule has 2 atom stereocenters. The van der Waals surface area contributed by atoms with Crippen LogP contribution in [-0.4, -0.2) is 48.6 Å². The third-order valence-corrected chi connectivity index (χ3v) is 5.14. The summed E-state index contributed by atoms with van der Waals surface area (Å²) in [7, 11) is 2.26. The van der Waals surface area contributed by atoms with Gasteiger partial charge in [0.25, 0.3) is 0 Å². The fraction of sp³-hybridized carbons (Fsp3) is 1.00. The maximum Gasteiger partial charge on any atom is 0.00853 e. The lowest BCUT2D eigenvalue weighted by atomic mass is 9.91. The van der Waals surface area contributed by atoms with Gasteiger partial charge in [0.1, 0.15) is 0 Å². The molecule has 1 N–H and O–H groups in total. The molecular weight excluding hydrogens is 216 g/mol. The molecule has 2 unspecified atom stereocenters. The number of nitrogens with zero attached hydrogens (tertiary/aromatic N) is 1. The molecule has 0 spiro atoms. The van der Waals surface area contributed by atoms with Crippen molar-refractivity contribution in [3.8, 4) is 0 Å². The van der Waals surface area contributed by atoms with Crippen LogP contribution in [0.3, 0.4) is 0 Å². The Morgan fingerprint density at radius 3 is 2.69 bits per heavy atom. The molecule has 0 saturated carbocycles. The summed E-state index contributed by atoms with van der Waals surface area (Å²) in [5, 5.41) is 3.87. The largest absolute Gasteiger partial charge is 0.311 e. The van der Waals surface area contributed by atoms with Crippen molar-refractivity contribution in [2.45, 2.75) is 44.7 Å². The Kier molecular flexibility index (Phi) is 4.98. The lowest BCUT2D eigenvalue weighted by Gasteiger charge is -2.36. The Hall–Kier alpha value is 0.270. The minimum absolute atomic E-state index is 0.704. The van der Waals surface area contributed by atoms with Crippen LogP contribution in [0.15, 0.2) is 0 Å². The van der Waals surface area contributed by atoms with Crippen LogP contribution in [0, 0.1) is 5.92 Å². The van der Waals surface area contributed by atoms with Gasteiger partial charge >= 0.3 is 0 Å². The molecular formula is C13H26N2S. The van der Waals surface area contributed by atoms with Crippen LogP contribution >= 0.6 is 11.8 Å². The van der Waals surface area contributed by atoms with Crippen molar-refractivity contribution in [3.05, 3.63) is 0 Å². The van der Waals surface area contributed by atoms with Crippen molar-refractivity contribution in [2.24, 2.45) is 5.92 Å². The van der Waals surface area contributed by atoms with E-state index in [0.29, 0.717) is 6.04 Å². The van der Waals surface area contributed by atoms with E-state index in [2.05, 4.69) is 35.9 Å². The lowest BCUT2D eigenvalue weighted by Crippen LogP contribution is -2.47. The molecule has 0 aliphatic carbocycles. The molecule has 0 bridgehead atoms. The summed E-state index contributed by atoms with van der Waals surface area (Å²) in [6, 6.07) is 1.50. The minimum atomic E-state index is 0.704. The Morgan fingerprint density at radius 2 is 2.00 bits per heavy atom. The Labute approximate surface area is 105 Å². The summed E-state index contributed by atoms with van der Waals surface area (Å²) < 4.78 is 0. The molecule has 2 saturated heterocycles. The maximum atomic E-state index is 3.87. The van der Waals surface area contributed by atoms with Gasteiger partial charge < -0.3 is 10.2 Å². The topological polar surface area (TPSA) is 15.3 Å². The first-order valence-electron chi connectivity index (χ1n) is 6.78. The zero-order valence-electron chi connectivity index (χ0n) is 10.7. The number of piperidine rings is 1. The van der Waals surface area contributed by atoms with E-state index in [1.165, 1.54) is 50.3 Å². The number of nitrogens with one attached hydrogen (secondary N) is 1. The summed E-state index contributed by atoms with van der Waals surface area (Å²) >= 11 is 2.11. The fourth-order valence-electron chi connectivity index (χ4n) is 2.99. The number of likely N-dealkylation sites (tertiary alicyclic amines) is 1. The van der Waals surface area contributed by atoms with E-state index >= 15 is 0 Å². The van der Waals surface area contributed by atoms with Crippen molar-refractivity contribution in [1.29, 1.82) is 0 Å². The third kappa shape index (κ3) is 3.64. The highest BCUT2D eigenvalue weighted by Gasteiger charge is 2.25. The summed E-state index contributed by atoms with van der Waals surface area (Å²) in [6.45, 7) is 4.98. The van der Waals surface area contributed by atoms with Gasteiger partial charge in [-0.25, -0.2) is 0 Å². The SMILES string of the molecule is CC(NC1CCSCC1)C1CCCN(C)C1. The van der Waals surface area contributed by atoms with E-state index in [-0.39, 0.29) is 0 Å². The summed E-state index contributed by atoms with van der Waals surface area (Å²) in [5.41, 5.74) is 0. The molecule has 0 radical (unpaired) electrons. The van der Waals surface area contributed by atoms with Crippen molar-refractivity contribution in [2.75, 3.05) is 31.6 Å². The molecule has 2 aliphatic rings. The number of rotatable bonds is 3. The molecule has 2 rings (SSSR count). The van der Waals surface area contributed by atoms with Gasteiger partial charge in [0.2, 0.25) is 0 Å². The zero-order chi connectivity index (χ0) is 11.4.